The molecule has 7 unspecified atom stereocenters. The van der Waals surface area contributed by atoms with E-state index in [1.807, 2.05) is 18.9 Å². The van der Waals surface area contributed by atoms with Gasteiger partial charge in [-0.3, -0.25) is 14.4 Å². The minimum absolute atomic E-state index is 0.0440. The summed E-state index contributed by atoms with van der Waals surface area (Å²) in [5, 5.41) is 0. The first-order valence-corrected chi connectivity index (χ1v) is 12.8. The number of hydrogen-bond donors (Lipinski definition) is 1. The zero-order valence-corrected chi connectivity index (χ0v) is 22.9. The quantitative estimate of drug-likeness (QED) is 0.409. The number of likely N-dealkylation sites (tertiary alicyclic amines) is 1. The molecule has 0 aromatic carbocycles. The molecule has 2 N–H and O–H groups in total. The molecule has 0 spiro atoms. The van der Waals surface area contributed by atoms with Crippen molar-refractivity contribution in [2.75, 3.05) is 27.8 Å². The van der Waals surface area contributed by atoms with Crippen LogP contribution in [0, 0.1) is 23.7 Å². The van der Waals surface area contributed by atoms with Gasteiger partial charge in [0.25, 0.3) is 0 Å². The standard InChI is InChI=1S/C26H49N3O5/c1-10-17(4)23(28(7)26(32)18(5)14-16(2)3)21(33-8)15-22(30)29-13-11-12-20(29)24(34-9)19(6)25(27)31/h16-21,23-24H,10-15H2,1-9H3,(H2,27,31). The molecule has 0 bridgehead atoms. The van der Waals surface area contributed by atoms with Crippen molar-refractivity contribution in [3.8, 4) is 0 Å². The highest BCUT2D eigenvalue weighted by atomic mass is 16.5. The topological polar surface area (TPSA) is 102 Å². The zero-order chi connectivity index (χ0) is 26.2. The Labute approximate surface area is 206 Å². The molecule has 34 heavy (non-hydrogen) atoms. The SMILES string of the molecule is CCC(C)C(C(CC(=O)N1CCCC1C(OC)C(C)C(N)=O)OC)N(C)C(=O)C(C)CC(C)C. The second kappa shape index (κ2) is 14.0. The van der Waals surface area contributed by atoms with Crippen LogP contribution in [0.25, 0.3) is 0 Å². The van der Waals surface area contributed by atoms with E-state index in [9.17, 15) is 14.4 Å². The summed E-state index contributed by atoms with van der Waals surface area (Å²) in [4.78, 5) is 42.1. The molecular weight excluding hydrogens is 434 g/mol. The van der Waals surface area contributed by atoms with Crippen LogP contribution in [0.5, 0.6) is 0 Å². The number of nitrogens with two attached hydrogens (primary N) is 1. The van der Waals surface area contributed by atoms with Crippen molar-refractivity contribution in [2.45, 2.75) is 97.9 Å². The lowest BCUT2D eigenvalue weighted by atomic mass is 9.89. The number of methoxy groups -OCH3 is 2. The maximum atomic E-state index is 13.5. The first-order chi connectivity index (χ1) is 15.9. The van der Waals surface area contributed by atoms with Crippen LogP contribution < -0.4 is 5.73 Å². The third-order valence-electron chi connectivity index (χ3n) is 7.54. The van der Waals surface area contributed by atoms with Crippen molar-refractivity contribution in [3.63, 3.8) is 0 Å². The summed E-state index contributed by atoms with van der Waals surface area (Å²) in [5.74, 6) is -0.397. The Morgan fingerprint density at radius 3 is 2.18 bits per heavy atom. The van der Waals surface area contributed by atoms with Crippen molar-refractivity contribution in [1.29, 1.82) is 0 Å². The second-order valence-corrected chi connectivity index (χ2v) is 10.5. The van der Waals surface area contributed by atoms with Gasteiger partial charge in [0.2, 0.25) is 17.7 Å². The van der Waals surface area contributed by atoms with Crippen LogP contribution in [0.3, 0.4) is 0 Å². The molecule has 1 heterocycles. The predicted molar refractivity (Wildman–Crippen MR) is 134 cm³/mol. The highest BCUT2D eigenvalue weighted by Crippen LogP contribution is 2.29. The largest absolute Gasteiger partial charge is 0.379 e. The monoisotopic (exact) mass is 483 g/mol. The molecule has 0 aromatic heterocycles. The molecule has 1 aliphatic rings. The summed E-state index contributed by atoms with van der Waals surface area (Å²) in [6.45, 7) is 12.8. The fourth-order valence-corrected chi connectivity index (χ4v) is 5.47. The number of likely N-dealkylation sites (N-methyl/N-ethyl adjacent to an activating group) is 1. The minimum Gasteiger partial charge on any atom is -0.379 e. The lowest BCUT2D eigenvalue weighted by molar-refractivity contribution is -0.147. The van der Waals surface area contributed by atoms with Gasteiger partial charge in [0.05, 0.1) is 36.6 Å². The van der Waals surface area contributed by atoms with Crippen LogP contribution in [0.1, 0.15) is 73.6 Å². The number of carbonyl (C=O) groups is 3. The Morgan fingerprint density at radius 1 is 1.09 bits per heavy atom. The van der Waals surface area contributed by atoms with Crippen LogP contribution >= 0.6 is 0 Å². The molecule has 8 nitrogen and oxygen atoms in total. The van der Waals surface area contributed by atoms with Crippen molar-refractivity contribution in [2.24, 2.45) is 29.4 Å². The smallest absolute Gasteiger partial charge is 0.225 e. The molecule has 0 aliphatic carbocycles. The molecule has 3 amide bonds. The fourth-order valence-electron chi connectivity index (χ4n) is 5.47. The average Bonchev–Trinajstić information content (AvgIpc) is 3.26. The van der Waals surface area contributed by atoms with Crippen molar-refractivity contribution < 1.29 is 23.9 Å². The number of hydrogen-bond acceptors (Lipinski definition) is 5. The Bertz CT molecular complexity index is 671. The number of carbonyl (C=O) groups excluding carboxylic acids is 3. The molecule has 1 saturated heterocycles. The van der Waals surface area contributed by atoms with Crippen LogP contribution in [0.15, 0.2) is 0 Å². The third-order valence-corrected chi connectivity index (χ3v) is 7.54. The lowest BCUT2D eigenvalue weighted by Gasteiger charge is -2.40. The molecule has 7 atom stereocenters. The minimum atomic E-state index is -0.499. The number of rotatable bonds is 14. The van der Waals surface area contributed by atoms with Gasteiger partial charge in [-0.15, -0.1) is 0 Å². The molecule has 1 aliphatic heterocycles. The van der Waals surface area contributed by atoms with E-state index in [4.69, 9.17) is 15.2 Å². The fraction of sp³-hybridized carbons (Fsp3) is 0.885. The summed E-state index contributed by atoms with van der Waals surface area (Å²) in [5.41, 5.74) is 5.53. The summed E-state index contributed by atoms with van der Waals surface area (Å²) >= 11 is 0. The first-order valence-electron chi connectivity index (χ1n) is 12.8. The third kappa shape index (κ3) is 7.67. The highest BCUT2D eigenvalue weighted by molar-refractivity contribution is 5.80. The lowest BCUT2D eigenvalue weighted by Crippen LogP contribution is -2.53. The summed E-state index contributed by atoms with van der Waals surface area (Å²) in [7, 11) is 5.00. The van der Waals surface area contributed by atoms with Gasteiger partial charge in [-0.25, -0.2) is 0 Å². The maximum Gasteiger partial charge on any atom is 0.225 e. The van der Waals surface area contributed by atoms with Gasteiger partial charge in [-0.1, -0.05) is 48.0 Å². The van der Waals surface area contributed by atoms with Gasteiger partial charge in [0.15, 0.2) is 0 Å². The van der Waals surface area contributed by atoms with Crippen LogP contribution in [0.4, 0.5) is 0 Å². The van der Waals surface area contributed by atoms with E-state index in [0.29, 0.717) is 12.5 Å². The Morgan fingerprint density at radius 2 is 1.71 bits per heavy atom. The molecule has 198 valence electrons. The summed E-state index contributed by atoms with van der Waals surface area (Å²) < 4.78 is 11.5. The molecule has 0 aromatic rings. The predicted octanol–water partition coefficient (Wildman–Crippen LogP) is 3.07. The molecule has 1 fully saturated rings. The average molecular weight is 484 g/mol. The molecule has 0 saturated carbocycles. The number of primary amides is 1. The Hall–Kier alpha value is -1.67. The van der Waals surface area contributed by atoms with Gasteiger partial charge in [0, 0.05) is 33.7 Å². The number of nitrogens with zero attached hydrogens (tertiary/aromatic N) is 2. The molecular formula is C26H49N3O5. The van der Waals surface area contributed by atoms with Crippen molar-refractivity contribution >= 4 is 17.7 Å². The van der Waals surface area contributed by atoms with Crippen LogP contribution in [0.2, 0.25) is 0 Å². The molecule has 1 rings (SSSR count). The Balaban J connectivity index is 3.09. The summed E-state index contributed by atoms with van der Waals surface area (Å²) in [6.07, 6.45) is 2.58. The van der Waals surface area contributed by atoms with Gasteiger partial charge >= 0.3 is 0 Å². The summed E-state index contributed by atoms with van der Waals surface area (Å²) in [6, 6.07) is -0.421. The van der Waals surface area contributed by atoms with E-state index >= 15 is 0 Å². The van der Waals surface area contributed by atoms with E-state index in [2.05, 4.69) is 27.7 Å². The number of ether oxygens (including phenoxy) is 2. The van der Waals surface area contributed by atoms with Gasteiger partial charge in [0.1, 0.15) is 0 Å². The van der Waals surface area contributed by atoms with E-state index < -0.39 is 24.0 Å². The molecule has 8 heteroatoms. The van der Waals surface area contributed by atoms with E-state index in [1.54, 1.807) is 26.0 Å². The van der Waals surface area contributed by atoms with Crippen LogP contribution in [-0.4, -0.2) is 79.6 Å². The maximum absolute atomic E-state index is 13.5. The Kier molecular flexibility index (Phi) is 12.5. The van der Waals surface area contributed by atoms with Gasteiger partial charge < -0.3 is 25.0 Å². The first kappa shape index (κ1) is 30.4. The molecule has 0 radical (unpaired) electrons. The second-order valence-electron chi connectivity index (χ2n) is 10.5. The normalized spacial score (nSPS) is 21.6. The van der Waals surface area contributed by atoms with E-state index in [-0.39, 0.29) is 42.2 Å². The van der Waals surface area contributed by atoms with Crippen LogP contribution in [-0.2, 0) is 23.9 Å². The van der Waals surface area contributed by atoms with Gasteiger partial charge in [-0.2, -0.15) is 0 Å². The van der Waals surface area contributed by atoms with Gasteiger partial charge in [-0.05, 0) is 31.1 Å². The zero-order valence-electron chi connectivity index (χ0n) is 22.9. The van der Waals surface area contributed by atoms with Crippen molar-refractivity contribution in [1.82, 2.24) is 9.80 Å². The van der Waals surface area contributed by atoms with Crippen molar-refractivity contribution in [3.05, 3.63) is 0 Å². The highest BCUT2D eigenvalue weighted by Gasteiger charge is 2.41. The van der Waals surface area contributed by atoms with E-state index in [0.717, 1.165) is 25.7 Å². The van der Waals surface area contributed by atoms with E-state index in [1.165, 1.54) is 0 Å². The number of amides is 3.